The molecule has 0 saturated carbocycles. The van der Waals surface area contributed by atoms with Crippen LogP contribution in [0.15, 0.2) is 59.0 Å². The first-order valence-electron chi connectivity index (χ1n) is 8.90. The quantitative estimate of drug-likeness (QED) is 0.697. The predicted octanol–water partition coefficient (Wildman–Crippen LogP) is 2.23. The summed E-state index contributed by atoms with van der Waals surface area (Å²) >= 11 is 1.38. The molecule has 0 spiro atoms. The van der Waals surface area contributed by atoms with Gasteiger partial charge < -0.3 is 4.90 Å². The number of aromatic nitrogens is 2. The van der Waals surface area contributed by atoms with Crippen molar-refractivity contribution in [2.75, 3.05) is 32.7 Å². The van der Waals surface area contributed by atoms with Crippen LogP contribution in [0.1, 0.15) is 15.9 Å². The van der Waals surface area contributed by atoms with Gasteiger partial charge in [0.1, 0.15) is 5.56 Å². The second-order valence-corrected chi connectivity index (χ2v) is 7.31. The van der Waals surface area contributed by atoms with Crippen molar-refractivity contribution in [2.24, 2.45) is 0 Å². The van der Waals surface area contributed by atoms with E-state index in [4.69, 9.17) is 0 Å². The van der Waals surface area contributed by atoms with Crippen molar-refractivity contribution in [1.82, 2.24) is 19.2 Å². The van der Waals surface area contributed by atoms with Gasteiger partial charge in [-0.1, -0.05) is 42.5 Å². The molecule has 0 bridgehead atoms. The summed E-state index contributed by atoms with van der Waals surface area (Å²) in [6.07, 6.45) is 7.32. The van der Waals surface area contributed by atoms with Crippen LogP contribution in [-0.2, 0) is 0 Å². The Morgan fingerprint density at radius 1 is 1.15 bits per heavy atom. The average molecular weight is 380 g/mol. The molecule has 1 amide bonds. The summed E-state index contributed by atoms with van der Waals surface area (Å²) in [6.45, 7) is 3.66. The third kappa shape index (κ3) is 3.84. The highest BCUT2D eigenvalue weighted by atomic mass is 32.1. The second-order valence-electron chi connectivity index (χ2n) is 6.44. The van der Waals surface area contributed by atoms with E-state index < -0.39 is 0 Å². The van der Waals surface area contributed by atoms with E-state index in [9.17, 15) is 9.59 Å². The fraction of sp³-hybridized carbons (Fsp3) is 0.250. The second kappa shape index (κ2) is 7.85. The summed E-state index contributed by atoms with van der Waals surface area (Å²) < 4.78 is 1.43. The Kier molecular flexibility index (Phi) is 5.13. The van der Waals surface area contributed by atoms with Crippen molar-refractivity contribution in [3.63, 3.8) is 0 Å². The minimum absolute atomic E-state index is 0.142. The Morgan fingerprint density at radius 3 is 2.70 bits per heavy atom. The lowest BCUT2D eigenvalue weighted by atomic mass is 10.2. The summed E-state index contributed by atoms with van der Waals surface area (Å²) in [5, 5.41) is 1.79. The standard InChI is InChI=1S/C20H20N4O2S/c25-18(17-15-21-20-24(19(17)26)13-14-27-20)23-11-9-22(10-12-23)8-4-7-16-5-2-1-3-6-16/h1-7,13-15H,8-12H2. The molecule has 1 aromatic carbocycles. The van der Waals surface area contributed by atoms with E-state index in [2.05, 4.69) is 34.2 Å². The Balaban J connectivity index is 1.35. The molecule has 3 aromatic rings. The first kappa shape index (κ1) is 17.6. The van der Waals surface area contributed by atoms with Crippen LogP contribution >= 0.6 is 11.3 Å². The average Bonchev–Trinajstić information content (AvgIpc) is 3.19. The summed E-state index contributed by atoms with van der Waals surface area (Å²) in [5.74, 6) is -0.229. The van der Waals surface area contributed by atoms with Crippen molar-refractivity contribution in [3.05, 3.63) is 75.7 Å². The lowest BCUT2D eigenvalue weighted by Crippen LogP contribution is -2.49. The van der Waals surface area contributed by atoms with E-state index in [1.54, 1.807) is 16.5 Å². The zero-order valence-corrected chi connectivity index (χ0v) is 15.6. The smallest absolute Gasteiger partial charge is 0.271 e. The number of amides is 1. The van der Waals surface area contributed by atoms with Crippen molar-refractivity contribution >= 4 is 28.3 Å². The van der Waals surface area contributed by atoms with E-state index in [-0.39, 0.29) is 17.0 Å². The van der Waals surface area contributed by atoms with E-state index in [0.717, 1.165) is 19.6 Å². The van der Waals surface area contributed by atoms with Gasteiger partial charge in [0.15, 0.2) is 4.96 Å². The highest BCUT2D eigenvalue weighted by molar-refractivity contribution is 7.15. The van der Waals surface area contributed by atoms with Crippen molar-refractivity contribution < 1.29 is 4.79 Å². The highest BCUT2D eigenvalue weighted by Crippen LogP contribution is 2.10. The zero-order valence-electron chi connectivity index (χ0n) is 14.8. The van der Waals surface area contributed by atoms with E-state index in [1.807, 2.05) is 18.2 Å². The number of carbonyl (C=O) groups is 1. The van der Waals surface area contributed by atoms with Crippen LogP contribution in [0.3, 0.4) is 0 Å². The summed E-state index contributed by atoms with van der Waals surface area (Å²) in [5.41, 5.74) is 1.03. The number of hydrogen-bond donors (Lipinski definition) is 0. The van der Waals surface area contributed by atoms with E-state index in [0.29, 0.717) is 18.1 Å². The summed E-state index contributed by atoms with van der Waals surface area (Å²) in [6, 6.07) is 10.2. The van der Waals surface area contributed by atoms with Crippen LogP contribution < -0.4 is 5.56 Å². The molecule has 1 aliphatic rings. The Morgan fingerprint density at radius 2 is 1.93 bits per heavy atom. The first-order chi connectivity index (χ1) is 13.2. The molecule has 138 valence electrons. The minimum Gasteiger partial charge on any atom is -0.336 e. The molecule has 0 unspecified atom stereocenters. The Hall–Kier alpha value is -2.77. The molecule has 4 rings (SSSR count). The molecule has 1 fully saturated rings. The first-order valence-corrected chi connectivity index (χ1v) is 9.78. The molecule has 2 aromatic heterocycles. The number of rotatable bonds is 4. The number of piperazine rings is 1. The maximum absolute atomic E-state index is 12.7. The van der Waals surface area contributed by atoms with Gasteiger partial charge in [0.2, 0.25) is 0 Å². The number of carbonyl (C=O) groups excluding carboxylic acids is 1. The SMILES string of the molecule is O=C(c1cnc2sccn2c1=O)N1CCN(CC=Cc2ccccc2)CC1. The molecule has 1 saturated heterocycles. The van der Waals surface area contributed by atoms with Crippen molar-refractivity contribution in [2.45, 2.75) is 0 Å². The van der Waals surface area contributed by atoms with Crippen LogP contribution in [0.5, 0.6) is 0 Å². The van der Waals surface area contributed by atoms with Gasteiger partial charge in [-0.05, 0) is 5.56 Å². The molecule has 0 N–H and O–H groups in total. The number of benzene rings is 1. The van der Waals surface area contributed by atoms with Gasteiger partial charge in [-0.2, -0.15) is 0 Å². The van der Waals surface area contributed by atoms with Gasteiger partial charge in [-0.25, -0.2) is 4.98 Å². The summed E-state index contributed by atoms with van der Waals surface area (Å²) in [4.78, 5) is 34.1. The molecule has 27 heavy (non-hydrogen) atoms. The van der Waals surface area contributed by atoms with Crippen molar-refractivity contribution in [3.8, 4) is 0 Å². The molecular weight excluding hydrogens is 360 g/mol. The van der Waals surface area contributed by atoms with E-state index >= 15 is 0 Å². The molecule has 7 heteroatoms. The third-order valence-electron chi connectivity index (χ3n) is 4.71. The van der Waals surface area contributed by atoms with Crippen LogP contribution in [-0.4, -0.2) is 57.8 Å². The van der Waals surface area contributed by atoms with Crippen LogP contribution in [0.25, 0.3) is 11.0 Å². The summed E-state index contributed by atoms with van der Waals surface area (Å²) in [7, 11) is 0. The zero-order chi connectivity index (χ0) is 18.6. The maximum atomic E-state index is 12.7. The molecule has 0 atom stereocenters. The van der Waals surface area contributed by atoms with Gasteiger partial charge in [0.05, 0.1) is 0 Å². The van der Waals surface area contributed by atoms with Crippen LogP contribution in [0, 0.1) is 0 Å². The highest BCUT2D eigenvalue weighted by Gasteiger charge is 2.24. The largest absolute Gasteiger partial charge is 0.336 e. The topological polar surface area (TPSA) is 57.9 Å². The van der Waals surface area contributed by atoms with Gasteiger partial charge in [-0.15, -0.1) is 11.3 Å². The lowest BCUT2D eigenvalue weighted by molar-refractivity contribution is 0.0648. The van der Waals surface area contributed by atoms with Crippen LogP contribution in [0.4, 0.5) is 0 Å². The number of hydrogen-bond acceptors (Lipinski definition) is 5. The van der Waals surface area contributed by atoms with Crippen molar-refractivity contribution in [1.29, 1.82) is 0 Å². The van der Waals surface area contributed by atoms with Gasteiger partial charge >= 0.3 is 0 Å². The fourth-order valence-corrected chi connectivity index (χ4v) is 3.85. The Bertz CT molecular complexity index is 1020. The maximum Gasteiger partial charge on any atom is 0.271 e. The molecule has 3 heterocycles. The Labute approximate surface area is 161 Å². The number of nitrogens with zero attached hydrogens (tertiary/aromatic N) is 4. The molecule has 0 radical (unpaired) electrons. The molecule has 6 nitrogen and oxygen atoms in total. The monoisotopic (exact) mass is 380 g/mol. The lowest BCUT2D eigenvalue weighted by Gasteiger charge is -2.34. The fourth-order valence-electron chi connectivity index (χ4n) is 3.18. The van der Waals surface area contributed by atoms with Gasteiger partial charge in [0, 0.05) is 50.5 Å². The number of fused-ring (bicyclic) bond motifs is 1. The molecule has 0 aliphatic carbocycles. The normalized spacial score (nSPS) is 15.6. The number of thiazole rings is 1. The minimum atomic E-state index is -0.292. The molecule has 1 aliphatic heterocycles. The van der Waals surface area contributed by atoms with Crippen LogP contribution in [0.2, 0.25) is 0 Å². The molecular formula is C20H20N4O2S. The third-order valence-corrected chi connectivity index (χ3v) is 5.48. The van der Waals surface area contributed by atoms with Gasteiger partial charge in [0.25, 0.3) is 11.5 Å². The predicted molar refractivity (Wildman–Crippen MR) is 107 cm³/mol. The van der Waals surface area contributed by atoms with Gasteiger partial charge in [-0.3, -0.25) is 18.9 Å². The van der Waals surface area contributed by atoms with E-state index in [1.165, 1.54) is 27.5 Å².